The minimum absolute atomic E-state index is 0.120. The number of halogens is 2. The number of nitrogens with zero attached hydrogens (tertiary/aromatic N) is 1. The number of amides is 1. The van der Waals surface area contributed by atoms with E-state index in [1.807, 2.05) is 42.6 Å². The van der Waals surface area contributed by atoms with Crippen molar-refractivity contribution in [1.29, 1.82) is 0 Å². The molecule has 24 heavy (non-hydrogen) atoms. The third-order valence-electron chi connectivity index (χ3n) is 3.27. The number of rotatable bonds is 5. The summed E-state index contributed by atoms with van der Waals surface area (Å²) in [5, 5.41) is 5.02. The smallest absolute Gasteiger partial charge is 0.277 e. The van der Waals surface area contributed by atoms with Crippen LogP contribution in [0.25, 0.3) is 10.9 Å². The molecule has 0 saturated heterocycles. The molecule has 0 aliphatic heterocycles. The number of ether oxygens (including phenoxy) is 1. The predicted molar refractivity (Wildman–Crippen MR) is 101 cm³/mol. The van der Waals surface area contributed by atoms with Gasteiger partial charge in [0.2, 0.25) is 0 Å². The van der Waals surface area contributed by atoms with E-state index in [2.05, 4.69) is 47.4 Å². The summed E-state index contributed by atoms with van der Waals surface area (Å²) in [6.07, 6.45) is 3.45. The van der Waals surface area contributed by atoms with E-state index >= 15 is 0 Å². The maximum Gasteiger partial charge on any atom is 0.277 e. The van der Waals surface area contributed by atoms with Crippen molar-refractivity contribution in [2.24, 2.45) is 5.10 Å². The average Bonchev–Trinajstić information content (AvgIpc) is 2.97. The van der Waals surface area contributed by atoms with Gasteiger partial charge in [0.25, 0.3) is 5.91 Å². The van der Waals surface area contributed by atoms with E-state index in [0.717, 1.165) is 25.4 Å². The lowest BCUT2D eigenvalue weighted by molar-refractivity contribution is -0.123. The quantitative estimate of drug-likeness (QED) is 0.451. The normalized spacial score (nSPS) is 11.1. The molecule has 0 aliphatic carbocycles. The summed E-state index contributed by atoms with van der Waals surface area (Å²) in [5.41, 5.74) is 4.38. The first kappa shape index (κ1) is 16.7. The Morgan fingerprint density at radius 3 is 2.92 bits per heavy atom. The van der Waals surface area contributed by atoms with E-state index in [1.54, 1.807) is 12.3 Å². The summed E-state index contributed by atoms with van der Waals surface area (Å²) in [6.45, 7) is -0.120. The lowest BCUT2D eigenvalue weighted by Crippen LogP contribution is -2.24. The van der Waals surface area contributed by atoms with Crippen molar-refractivity contribution >= 4 is 54.9 Å². The number of aromatic nitrogens is 1. The summed E-state index contributed by atoms with van der Waals surface area (Å²) in [7, 11) is 0. The molecule has 5 nitrogen and oxygen atoms in total. The van der Waals surface area contributed by atoms with E-state index in [9.17, 15) is 4.79 Å². The van der Waals surface area contributed by atoms with Crippen LogP contribution in [0.3, 0.4) is 0 Å². The molecule has 0 radical (unpaired) electrons. The molecule has 122 valence electrons. The number of para-hydroxylation sites is 1. The number of hydrazone groups is 1. The number of carbonyl (C=O) groups excluding carboxylic acids is 1. The lowest BCUT2D eigenvalue weighted by Gasteiger charge is -2.07. The van der Waals surface area contributed by atoms with E-state index in [1.165, 1.54) is 0 Å². The van der Waals surface area contributed by atoms with Gasteiger partial charge in [-0.3, -0.25) is 4.79 Å². The number of H-pyrrole nitrogens is 1. The number of carbonyl (C=O) groups is 1. The Morgan fingerprint density at radius 2 is 2.08 bits per heavy atom. The fourth-order valence-corrected chi connectivity index (χ4v) is 3.30. The molecular weight excluding hydrogens is 438 g/mol. The fraction of sp³-hybridized carbons (Fsp3) is 0.0588. The number of hydrogen-bond acceptors (Lipinski definition) is 3. The van der Waals surface area contributed by atoms with Gasteiger partial charge in [0, 0.05) is 27.1 Å². The monoisotopic (exact) mass is 449 g/mol. The molecule has 1 amide bonds. The molecular formula is C17H13Br2N3O2. The molecule has 0 atom stereocenters. The second-order valence-corrected chi connectivity index (χ2v) is 6.72. The van der Waals surface area contributed by atoms with E-state index in [4.69, 9.17) is 4.74 Å². The fourth-order valence-electron chi connectivity index (χ4n) is 2.14. The van der Waals surface area contributed by atoms with Gasteiger partial charge in [-0.25, -0.2) is 5.43 Å². The molecule has 2 N–H and O–H groups in total. The molecule has 0 spiro atoms. The topological polar surface area (TPSA) is 66.5 Å². The van der Waals surface area contributed by atoms with Crippen molar-refractivity contribution in [3.8, 4) is 5.75 Å². The van der Waals surface area contributed by atoms with Crippen molar-refractivity contribution in [3.05, 3.63) is 63.2 Å². The average molecular weight is 451 g/mol. The third kappa shape index (κ3) is 4.04. The second kappa shape index (κ2) is 7.63. The summed E-state index contributed by atoms with van der Waals surface area (Å²) in [5.74, 6) is 0.259. The standard InChI is InChI=1S/C17H13Br2N3O2/c18-12-5-6-16(14(19)7-12)24-10-17(23)22-21-9-11-8-20-15-4-2-1-3-13(11)15/h1-9,20H,10H2,(H,22,23). The van der Waals surface area contributed by atoms with E-state index < -0.39 is 0 Å². The minimum Gasteiger partial charge on any atom is -0.483 e. The van der Waals surface area contributed by atoms with Crippen LogP contribution in [0.5, 0.6) is 5.75 Å². The van der Waals surface area contributed by atoms with Gasteiger partial charge in [-0.05, 0) is 40.2 Å². The lowest BCUT2D eigenvalue weighted by atomic mass is 10.2. The zero-order chi connectivity index (χ0) is 16.9. The zero-order valence-electron chi connectivity index (χ0n) is 12.4. The number of aromatic amines is 1. The van der Waals surface area contributed by atoms with Crippen LogP contribution in [-0.2, 0) is 4.79 Å². The maximum atomic E-state index is 11.8. The molecule has 1 heterocycles. The Kier molecular flexibility index (Phi) is 5.32. The number of benzene rings is 2. The van der Waals surface area contributed by atoms with Gasteiger partial charge in [-0.2, -0.15) is 5.10 Å². The van der Waals surface area contributed by atoms with E-state index in [0.29, 0.717) is 5.75 Å². The van der Waals surface area contributed by atoms with Crippen LogP contribution in [0, 0.1) is 0 Å². The van der Waals surface area contributed by atoms with Gasteiger partial charge in [-0.1, -0.05) is 34.1 Å². The van der Waals surface area contributed by atoms with Gasteiger partial charge in [-0.15, -0.1) is 0 Å². The van der Waals surface area contributed by atoms with Crippen LogP contribution >= 0.6 is 31.9 Å². The molecule has 1 aromatic heterocycles. The van der Waals surface area contributed by atoms with Crippen molar-refractivity contribution in [2.75, 3.05) is 6.61 Å². The number of hydrogen-bond donors (Lipinski definition) is 2. The highest BCUT2D eigenvalue weighted by atomic mass is 79.9. The first-order valence-electron chi connectivity index (χ1n) is 7.09. The van der Waals surface area contributed by atoms with Crippen molar-refractivity contribution < 1.29 is 9.53 Å². The minimum atomic E-state index is -0.332. The van der Waals surface area contributed by atoms with Crippen LogP contribution in [0.15, 0.2) is 62.7 Å². The van der Waals surface area contributed by atoms with Crippen LogP contribution < -0.4 is 10.2 Å². The summed E-state index contributed by atoms with van der Waals surface area (Å²) in [6, 6.07) is 13.3. The van der Waals surface area contributed by atoms with Crippen LogP contribution in [0.1, 0.15) is 5.56 Å². The first-order valence-corrected chi connectivity index (χ1v) is 8.68. The highest BCUT2D eigenvalue weighted by Gasteiger charge is 2.05. The highest BCUT2D eigenvalue weighted by molar-refractivity contribution is 9.11. The molecule has 0 aliphatic rings. The first-order chi connectivity index (χ1) is 11.6. The van der Waals surface area contributed by atoms with Gasteiger partial charge in [0.1, 0.15) is 5.75 Å². The zero-order valence-corrected chi connectivity index (χ0v) is 15.6. The Hall–Kier alpha value is -2.12. The van der Waals surface area contributed by atoms with Crippen molar-refractivity contribution in [3.63, 3.8) is 0 Å². The maximum absolute atomic E-state index is 11.8. The summed E-state index contributed by atoms with van der Waals surface area (Å²) in [4.78, 5) is 15.0. The Morgan fingerprint density at radius 1 is 1.25 bits per heavy atom. The molecule has 3 aromatic rings. The summed E-state index contributed by atoms with van der Waals surface area (Å²) >= 11 is 6.74. The third-order valence-corrected chi connectivity index (χ3v) is 4.38. The van der Waals surface area contributed by atoms with Crippen LogP contribution in [0.4, 0.5) is 0 Å². The van der Waals surface area contributed by atoms with Gasteiger partial charge >= 0.3 is 0 Å². The van der Waals surface area contributed by atoms with Crippen LogP contribution in [-0.4, -0.2) is 23.7 Å². The van der Waals surface area contributed by atoms with Gasteiger partial charge in [0.05, 0.1) is 10.7 Å². The van der Waals surface area contributed by atoms with Gasteiger partial charge < -0.3 is 9.72 Å². The van der Waals surface area contributed by atoms with Crippen LogP contribution in [0.2, 0.25) is 0 Å². The van der Waals surface area contributed by atoms with Crippen molar-refractivity contribution in [2.45, 2.75) is 0 Å². The van der Waals surface area contributed by atoms with Crippen molar-refractivity contribution in [1.82, 2.24) is 10.4 Å². The van der Waals surface area contributed by atoms with E-state index in [-0.39, 0.29) is 12.5 Å². The number of fused-ring (bicyclic) bond motifs is 1. The highest BCUT2D eigenvalue weighted by Crippen LogP contribution is 2.28. The molecule has 3 rings (SSSR count). The largest absolute Gasteiger partial charge is 0.483 e. The second-order valence-electron chi connectivity index (χ2n) is 4.95. The van der Waals surface area contributed by atoms with Gasteiger partial charge in [0.15, 0.2) is 6.61 Å². The predicted octanol–water partition coefficient (Wildman–Crippen LogP) is 4.22. The Labute approximate surface area is 155 Å². The molecule has 0 bridgehead atoms. The Balaban J connectivity index is 1.55. The molecule has 7 heteroatoms. The molecule has 0 saturated carbocycles. The summed E-state index contributed by atoms with van der Waals surface area (Å²) < 4.78 is 7.15. The SMILES string of the molecule is O=C(COc1ccc(Br)cc1Br)NN=Cc1c[nH]c2ccccc12. The number of nitrogens with one attached hydrogen (secondary N) is 2. The molecule has 0 fully saturated rings. The molecule has 0 unspecified atom stereocenters. The molecule has 2 aromatic carbocycles. The Bertz CT molecular complexity index is 906.